The summed E-state index contributed by atoms with van der Waals surface area (Å²) >= 11 is 0. The Morgan fingerprint density at radius 2 is 1.76 bits per heavy atom. The molecule has 0 aromatic carbocycles. The third-order valence-corrected chi connectivity index (χ3v) is 4.42. The molecule has 2 fully saturated rings. The number of nitrogens with zero attached hydrogens (tertiary/aromatic N) is 1. The topological polar surface area (TPSA) is 66.8 Å². The van der Waals surface area contributed by atoms with E-state index in [2.05, 4.69) is 0 Å². The van der Waals surface area contributed by atoms with Crippen LogP contribution in [0.2, 0.25) is 0 Å². The van der Waals surface area contributed by atoms with Crippen LogP contribution in [0.3, 0.4) is 0 Å². The van der Waals surface area contributed by atoms with Crippen molar-refractivity contribution in [1.82, 2.24) is 4.90 Å². The molecule has 5 heteroatoms. The Balaban J connectivity index is 2.10. The van der Waals surface area contributed by atoms with Crippen LogP contribution in [0.15, 0.2) is 0 Å². The van der Waals surface area contributed by atoms with Gasteiger partial charge in [0.25, 0.3) is 0 Å². The third kappa shape index (κ3) is 4.11. The van der Waals surface area contributed by atoms with Crippen LogP contribution in [0.25, 0.3) is 0 Å². The minimum absolute atomic E-state index is 0.130. The van der Waals surface area contributed by atoms with Crippen molar-refractivity contribution in [2.24, 2.45) is 5.41 Å². The number of hydrogen-bond donors (Lipinski definition) is 1. The number of ether oxygens (including phenoxy) is 1. The molecule has 0 spiro atoms. The van der Waals surface area contributed by atoms with Crippen molar-refractivity contribution in [2.45, 2.75) is 77.4 Å². The predicted molar refractivity (Wildman–Crippen MR) is 79.1 cm³/mol. The molecule has 5 nitrogen and oxygen atoms in total. The van der Waals surface area contributed by atoms with E-state index in [1.807, 2.05) is 20.8 Å². The van der Waals surface area contributed by atoms with Gasteiger partial charge in [0.05, 0.1) is 5.41 Å². The van der Waals surface area contributed by atoms with Crippen LogP contribution in [0.4, 0.5) is 4.79 Å². The SMILES string of the molecule is CC(C)(C)OC(=O)N(CC1(C(=O)O)CC1)C1CCCCC1. The van der Waals surface area contributed by atoms with Gasteiger partial charge >= 0.3 is 12.1 Å². The fraction of sp³-hybridized carbons (Fsp3) is 0.875. The number of carboxylic acid groups (broad SMARTS) is 1. The average Bonchev–Trinajstić information content (AvgIpc) is 3.16. The van der Waals surface area contributed by atoms with Crippen molar-refractivity contribution < 1.29 is 19.4 Å². The highest BCUT2D eigenvalue weighted by Gasteiger charge is 2.53. The quantitative estimate of drug-likeness (QED) is 0.863. The Kier molecular flexibility index (Phi) is 4.49. The fourth-order valence-corrected chi connectivity index (χ4v) is 2.97. The summed E-state index contributed by atoms with van der Waals surface area (Å²) in [5.41, 5.74) is -1.28. The number of rotatable bonds is 4. The van der Waals surface area contributed by atoms with E-state index in [4.69, 9.17) is 4.74 Å². The molecule has 0 saturated heterocycles. The van der Waals surface area contributed by atoms with Crippen LogP contribution >= 0.6 is 0 Å². The minimum Gasteiger partial charge on any atom is -0.481 e. The second kappa shape index (κ2) is 5.85. The second-order valence-electron chi connectivity index (χ2n) is 7.49. The van der Waals surface area contributed by atoms with Crippen molar-refractivity contribution in [2.75, 3.05) is 6.54 Å². The zero-order valence-electron chi connectivity index (χ0n) is 13.4. The Morgan fingerprint density at radius 1 is 1.19 bits per heavy atom. The van der Waals surface area contributed by atoms with Gasteiger partial charge in [-0.25, -0.2) is 4.79 Å². The van der Waals surface area contributed by atoms with E-state index in [-0.39, 0.29) is 12.1 Å². The molecule has 2 aliphatic rings. The summed E-state index contributed by atoms with van der Waals surface area (Å²) in [6, 6.07) is 0.130. The number of carbonyl (C=O) groups excluding carboxylic acids is 1. The molecule has 0 aliphatic heterocycles. The normalized spacial score (nSPS) is 21.7. The van der Waals surface area contributed by atoms with Crippen molar-refractivity contribution in [3.8, 4) is 0 Å². The molecule has 0 heterocycles. The highest BCUT2D eigenvalue weighted by atomic mass is 16.6. The van der Waals surface area contributed by atoms with Crippen LogP contribution in [-0.4, -0.2) is 40.3 Å². The molecule has 0 aromatic heterocycles. The molecule has 2 aliphatic carbocycles. The number of hydrogen-bond acceptors (Lipinski definition) is 3. The van der Waals surface area contributed by atoms with E-state index in [1.54, 1.807) is 4.90 Å². The molecule has 21 heavy (non-hydrogen) atoms. The first-order valence-electron chi connectivity index (χ1n) is 7.97. The van der Waals surface area contributed by atoms with E-state index >= 15 is 0 Å². The lowest BCUT2D eigenvalue weighted by Gasteiger charge is -2.37. The Bertz CT molecular complexity index is 403. The molecular formula is C16H27NO4. The Hall–Kier alpha value is -1.26. The minimum atomic E-state index is -0.785. The maximum atomic E-state index is 12.5. The first-order valence-corrected chi connectivity index (χ1v) is 7.97. The molecule has 0 radical (unpaired) electrons. The van der Waals surface area contributed by atoms with Gasteiger partial charge in [-0.1, -0.05) is 19.3 Å². The molecule has 1 amide bonds. The lowest BCUT2D eigenvalue weighted by atomic mass is 9.93. The van der Waals surface area contributed by atoms with Gasteiger partial charge < -0.3 is 14.7 Å². The number of carbonyl (C=O) groups is 2. The zero-order valence-corrected chi connectivity index (χ0v) is 13.4. The zero-order chi connectivity index (χ0) is 15.7. The molecule has 2 rings (SSSR count). The van der Waals surface area contributed by atoms with E-state index < -0.39 is 17.0 Å². The van der Waals surface area contributed by atoms with Gasteiger partial charge in [0.15, 0.2) is 0 Å². The second-order valence-corrected chi connectivity index (χ2v) is 7.49. The van der Waals surface area contributed by atoms with Crippen molar-refractivity contribution in [3.63, 3.8) is 0 Å². The van der Waals surface area contributed by atoms with Gasteiger partial charge in [-0.2, -0.15) is 0 Å². The smallest absolute Gasteiger partial charge is 0.410 e. The highest BCUT2D eigenvalue weighted by molar-refractivity contribution is 5.79. The van der Waals surface area contributed by atoms with Crippen LogP contribution in [0.1, 0.15) is 65.7 Å². The first kappa shape index (κ1) is 16.1. The molecule has 0 unspecified atom stereocenters. The molecule has 1 N–H and O–H groups in total. The lowest BCUT2D eigenvalue weighted by molar-refractivity contribution is -0.144. The first-order chi connectivity index (χ1) is 9.73. The molecular weight excluding hydrogens is 270 g/mol. The Morgan fingerprint density at radius 3 is 2.19 bits per heavy atom. The summed E-state index contributed by atoms with van der Waals surface area (Å²) in [4.78, 5) is 25.6. The summed E-state index contributed by atoms with van der Waals surface area (Å²) < 4.78 is 5.50. The largest absolute Gasteiger partial charge is 0.481 e. The number of carboxylic acids is 1. The Labute approximate surface area is 126 Å². The van der Waals surface area contributed by atoms with Crippen molar-refractivity contribution in [3.05, 3.63) is 0 Å². The van der Waals surface area contributed by atoms with E-state index in [0.29, 0.717) is 19.4 Å². The molecule has 120 valence electrons. The molecule has 0 aromatic rings. The third-order valence-electron chi connectivity index (χ3n) is 4.42. The number of aliphatic carboxylic acids is 1. The molecule has 0 bridgehead atoms. The summed E-state index contributed by atoms with van der Waals surface area (Å²) in [6.45, 7) is 5.82. The van der Waals surface area contributed by atoms with Crippen LogP contribution in [-0.2, 0) is 9.53 Å². The van der Waals surface area contributed by atoms with E-state index in [9.17, 15) is 14.7 Å². The average molecular weight is 297 g/mol. The van der Waals surface area contributed by atoms with Gasteiger partial charge in [-0.05, 0) is 46.5 Å². The monoisotopic (exact) mass is 297 g/mol. The fourth-order valence-electron chi connectivity index (χ4n) is 2.97. The van der Waals surface area contributed by atoms with Crippen LogP contribution in [0.5, 0.6) is 0 Å². The van der Waals surface area contributed by atoms with Gasteiger partial charge in [-0.3, -0.25) is 4.79 Å². The van der Waals surface area contributed by atoms with Gasteiger partial charge in [0.2, 0.25) is 0 Å². The summed E-state index contributed by atoms with van der Waals surface area (Å²) in [7, 11) is 0. The summed E-state index contributed by atoms with van der Waals surface area (Å²) in [5.74, 6) is -0.785. The van der Waals surface area contributed by atoms with Gasteiger partial charge in [0, 0.05) is 12.6 Å². The maximum Gasteiger partial charge on any atom is 0.410 e. The van der Waals surface area contributed by atoms with Crippen LogP contribution < -0.4 is 0 Å². The van der Waals surface area contributed by atoms with Crippen molar-refractivity contribution >= 4 is 12.1 Å². The predicted octanol–water partition coefficient (Wildman–Crippen LogP) is 3.42. The maximum absolute atomic E-state index is 12.5. The number of amides is 1. The van der Waals surface area contributed by atoms with Gasteiger partial charge in [-0.15, -0.1) is 0 Å². The highest BCUT2D eigenvalue weighted by Crippen LogP contribution is 2.47. The molecule has 2 saturated carbocycles. The van der Waals surface area contributed by atoms with Crippen molar-refractivity contribution in [1.29, 1.82) is 0 Å². The van der Waals surface area contributed by atoms with Crippen LogP contribution in [0, 0.1) is 5.41 Å². The summed E-state index contributed by atoms with van der Waals surface area (Å²) in [6.07, 6.45) is 6.27. The molecule has 0 atom stereocenters. The van der Waals surface area contributed by atoms with E-state index in [0.717, 1.165) is 25.7 Å². The van der Waals surface area contributed by atoms with Gasteiger partial charge in [0.1, 0.15) is 5.60 Å². The van der Waals surface area contributed by atoms with E-state index in [1.165, 1.54) is 6.42 Å². The standard InChI is InChI=1S/C16H27NO4/c1-15(2,3)21-14(20)17(12-7-5-4-6-8-12)11-16(9-10-16)13(18)19/h12H,4-11H2,1-3H3,(H,18,19). The lowest BCUT2D eigenvalue weighted by Crippen LogP contribution is -2.48. The summed E-state index contributed by atoms with van der Waals surface area (Å²) in [5, 5.41) is 9.39.